The molecule has 0 aliphatic heterocycles. The number of hydrogen-bond donors (Lipinski definition) is 3. The molecule has 8 nitrogen and oxygen atoms in total. The molecular formula is C6H8N4O4S. The van der Waals surface area contributed by atoms with Crippen molar-refractivity contribution in [3.63, 3.8) is 0 Å². The minimum atomic E-state index is -0.925. The van der Waals surface area contributed by atoms with Crippen molar-refractivity contribution in [3.8, 4) is 0 Å². The number of H-pyrrole nitrogens is 2. The summed E-state index contributed by atoms with van der Waals surface area (Å²) in [5.41, 5.74) is -0.528. The first-order valence-electron chi connectivity index (χ1n) is 3.94. The van der Waals surface area contributed by atoms with Gasteiger partial charge in [0, 0.05) is 0 Å². The molecule has 0 aliphatic carbocycles. The molecule has 1 aromatic heterocycles. The Hall–Kier alpha value is -1.90. The molecule has 0 unspecified atom stereocenters. The van der Waals surface area contributed by atoms with Crippen molar-refractivity contribution in [2.75, 3.05) is 12.0 Å². The molecule has 0 radical (unpaired) electrons. The van der Waals surface area contributed by atoms with Gasteiger partial charge in [-0.3, -0.25) is 9.97 Å². The first-order valence-corrected chi connectivity index (χ1v) is 4.35. The van der Waals surface area contributed by atoms with Crippen LogP contribution in [-0.4, -0.2) is 26.4 Å². The molecule has 15 heavy (non-hydrogen) atoms. The van der Waals surface area contributed by atoms with Gasteiger partial charge in [-0.15, -0.1) is 4.68 Å². The number of ether oxygens (including phenoxy) is 1. The summed E-state index contributed by atoms with van der Waals surface area (Å²) >= 11 is 4.65. The Bertz CT molecular complexity index is 493. The number of rotatable bonds is 2. The summed E-state index contributed by atoms with van der Waals surface area (Å²) < 4.78 is 5.30. The van der Waals surface area contributed by atoms with Crippen molar-refractivity contribution in [1.29, 1.82) is 0 Å². The number of hydrogen-bond acceptors (Lipinski definition) is 5. The molecule has 0 aromatic carbocycles. The zero-order chi connectivity index (χ0) is 11.4. The fourth-order valence-electron chi connectivity index (χ4n) is 0.786. The topological polar surface area (TPSA) is 109 Å². The van der Waals surface area contributed by atoms with E-state index in [1.807, 2.05) is 9.97 Å². The summed E-state index contributed by atoms with van der Waals surface area (Å²) in [7, 11) is 0. The molecule has 0 saturated carbocycles. The number of nitrogens with zero attached hydrogens (tertiary/aromatic N) is 1. The monoisotopic (exact) mass is 232 g/mol. The van der Waals surface area contributed by atoms with Gasteiger partial charge in [0.15, 0.2) is 0 Å². The van der Waals surface area contributed by atoms with Crippen molar-refractivity contribution in [2.45, 2.75) is 6.92 Å². The molecule has 1 rings (SSSR count). The highest BCUT2D eigenvalue weighted by atomic mass is 32.1. The van der Waals surface area contributed by atoms with Crippen LogP contribution in [0.4, 0.5) is 0 Å². The van der Waals surface area contributed by atoms with E-state index in [2.05, 4.69) is 17.6 Å². The molecular weight excluding hydrogens is 224 g/mol. The molecule has 0 atom stereocenters. The van der Waals surface area contributed by atoms with Crippen molar-refractivity contribution in [2.24, 2.45) is 0 Å². The van der Waals surface area contributed by atoms with E-state index in [1.165, 1.54) is 0 Å². The lowest BCUT2D eigenvalue weighted by atomic mass is 10.9. The van der Waals surface area contributed by atoms with Gasteiger partial charge in [0.05, 0.1) is 6.61 Å². The Balaban J connectivity index is 3.06. The zero-order valence-corrected chi connectivity index (χ0v) is 8.51. The summed E-state index contributed by atoms with van der Waals surface area (Å²) in [6.45, 7) is 1.98. The van der Waals surface area contributed by atoms with E-state index in [9.17, 15) is 14.4 Å². The Kier molecular flexibility index (Phi) is 3.39. The van der Waals surface area contributed by atoms with Crippen LogP contribution in [0.25, 0.3) is 0 Å². The van der Waals surface area contributed by atoms with Crippen LogP contribution in [0, 0.1) is 0 Å². The summed E-state index contributed by atoms with van der Waals surface area (Å²) in [6.07, 6.45) is 0. The maximum Gasteiger partial charge on any atom is 0.353 e. The van der Waals surface area contributed by atoms with Crippen molar-refractivity contribution < 1.29 is 4.74 Å². The standard InChI is InChI=1S/C6H8N4O4S/c1-2-14-6(15)9-10-4(12)7-3(11)8-5(10)13/h2H2,1H3,(H,9,15)(H2,7,8,11,12,13). The average Bonchev–Trinajstić information content (AvgIpc) is 2.11. The third-order valence-electron chi connectivity index (χ3n) is 1.33. The van der Waals surface area contributed by atoms with Gasteiger partial charge in [0.25, 0.3) is 5.17 Å². The van der Waals surface area contributed by atoms with Crippen molar-refractivity contribution >= 4 is 17.4 Å². The maximum absolute atomic E-state index is 11.1. The minimum Gasteiger partial charge on any atom is -0.470 e. The fourth-order valence-corrected chi connectivity index (χ4v) is 0.995. The largest absolute Gasteiger partial charge is 0.470 e. The predicted octanol–water partition coefficient (Wildman–Crippen LogP) is -1.91. The number of thiocarbonyl (C=S) groups is 1. The second-order valence-corrected chi connectivity index (χ2v) is 2.73. The average molecular weight is 232 g/mol. The van der Waals surface area contributed by atoms with Gasteiger partial charge >= 0.3 is 17.1 Å². The van der Waals surface area contributed by atoms with E-state index in [-0.39, 0.29) is 5.17 Å². The van der Waals surface area contributed by atoms with E-state index in [4.69, 9.17) is 4.74 Å². The van der Waals surface area contributed by atoms with Gasteiger partial charge < -0.3 is 4.74 Å². The van der Waals surface area contributed by atoms with Crippen LogP contribution in [0.5, 0.6) is 0 Å². The lowest BCUT2D eigenvalue weighted by Crippen LogP contribution is -2.49. The van der Waals surface area contributed by atoms with Crippen LogP contribution in [-0.2, 0) is 4.74 Å². The van der Waals surface area contributed by atoms with E-state index in [0.29, 0.717) is 11.3 Å². The predicted molar refractivity (Wildman–Crippen MR) is 55.5 cm³/mol. The molecule has 9 heteroatoms. The third-order valence-corrected chi connectivity index (χ3v) is 1.53. The summed E-state index contributed by atoms with van der Waals surface area (Å²) in [5, 5.41) is -0.142. The number of aromatic nitrogens is 3. The number of nitrogens with one attached hydrogen (secondary N) is 3. The first kappa shape index (κ1) is 11.2. The first-order chi connectivity index (χ1) is 7.04. The SMILES string of the molecule is CCOC(=S)Nn1c(=O)[nH]c(=O)[nH]c1=O. The molecule has 82 valence electrons. The lowest BCUT2D eigenvalue weighted by molar-refractivity contribution is 0.331. The molecule has 0 fully saturated rings. The second kappa shape index (κ2) is 4.55. The highest BCUT2D eigenvalue weighted by Crippen LogP contribution is 1.76. The van der Waals surface area contributed by atoms with Crippen molar-refractivity contribution in [3.05, 3.63) is 31.5 Å². The van der Waals surface area contributed by atoms with Crippen LogP contribution < -0.4 is 22.5 Å². The summed E-state index contributed by atoms with van der Waals surface area (Å²) in [4.78, 5) is 36.6. The molecule has 1 aromatic rings. The molecule has 1 heterocycles. The fraction of sp³-hybridized carbons (Fsp3) is 0.333. The van der Waals surface area contributed by atoms with Crippen molar-refractivity contribution in [1.82, 2.24) is 14.6 Å². The second-order valence-electron chi connectivity index (χ2n) is 2.36. The highest BCUT2D eigenvalue weighted by Gasteiger charge is 2.04. The van der Waals surface area contributed by atoms with E-state index < -0.39 is 17.1 Å². The van der Waals surface area contributed by atoms with Crippen LogP contribution in [0.2, 0.25) is 0 Å². The lowest BCUT2D eigenvalue weighted by Gasteiger charge is -2.07. The van der Waals surface area contributed by atoms with Gasteiger partial charge in [-0.1, -0.05) is 0 Å². The zero-order valence-electron chi connectivity index (χ0n) is 7.70. The van der Waals surface area contributed by atoms with E-state index in [1.54, 1.807) is 6.92 Å². The Morgan fingerprint density at radius 2 is 1.93 bits per heavy atom. The van der Waals surface area contributed by atoms with Gasteiger partial charge in [-0.2, -0.15) is 0 Å². The highest BCUT2D eigenvalue weighted by molar-refractivity contribution is 7.80. The van der Waals surface area contributed by atoms with Crippen LogP contribution >= 0.6 is 12.2 Å². The quantitative estimate of drug-likeness (QED) is 0.513. The molecule has 0 saturated heterocycles. The van der Waals surface area contributed by atoms with E-state index in [0.717, 1.165) is 0 Å². The molecule has 0 spiro atoms. The Morgan fingerprint density at radius 1 is 1.40 bits per heavy atom. The third kappa shape index (κ3) is 2.77. The van der Waals surface area contributed by atoms with Gasteiger partial charge in [0.1, 0.15) is 0 Å². The van der Waals surface area contributed by atoms with Gasteiger partial charge in [0.2, 0.25) is 0 Å². The molecule has 0 amide bonds. The van der Waals surface area contributed by atoms with E-state index >= 15 is 0 Å². The maximum atomic E-state index is 11.1. The van der Waals surface area contributed by atoms with Crippen LogP contribution in [0.1, 0.15) is 6.92 Å². The van der Waals surface area contributed by atoms with Crippen LogP contribution in [0.15, 0.2) is 14.4 Å². The Morgan fingerprint density at radius 3 is 2.40 bits per heavy atom. The normalized spacial score (nSPS) is 9.67. The molecule has 0 aliphatic rings. The summed E-state index contributed by atoms with van der Waals surface area (Å²) in [6, 6.07) is 0. The van der Waals surface area contributed by atoms with Gasteiger partial charge in [-0.05, 0) is 19.1 Å². The van der Waals surface area contributed by atoms with Gasteiger partial charge in [-0.25, -0.2) is 19.8 Å². The minimum absolute atomic E-state index is 0.142. The van der Waals surface area contributed by atoms with Crippen LogP contribution in [0.3, 0.4) is 0 Å². The summed E-state index contributed by atoms with van der Waals surface area (Å²) in [5.74, 6) is 0. The number of aromatic amines is 2. The molecule has 0 bridgehead atoms. The Labute approximate surface area is 87.9 Å². The smallest absolute Gasteiger partial charge is 0.353 e. The molecule has 3 N–H and O–H groups in total.